The van der Waals surface area contributed by atoms with Gasteiger partial charge in [0, 0.05) is 36.9 Å². The van der Waals surface area contributed by atoms with E-state index >= 15 is 0 Å². The van der Waals surface area contributed by atoms with Gasteiger partial charge in [-0.1, -0.05) is 38.1 Å². The van der Waals surface area contributed by atoms with Gasteiger partial charge in [-0.15, -0.1) is 5.10 Å². The topological polar surface area (TPSA) is 85.8 Å². The number of benzene rings is 2. The van der Waals surface area contributed by atoms with Gasteiger partial charge in [-0.25, -0.2) is 13.6 Å². The molecule has 2 aliphatic rings. The largest absolute Gasteiger partial charge is 0.490 e. The summed E-state index contributed by atoms with van der Waals surface area (Å²) in [4.78, 5) is 13.6. The van der Waals surface area contributed by atoms with Gasteiger partial charge >= 0.3 is 6.09 Å². The van der Waals surface area contributed by atoms with Crippen LogP contribution in [0.15, 0.2) is 60.7 Å². The molecule has 1 aliphatic carbocycles. The molecular weight excluding hydrogens is 542 g/mol. The van der Waals surface area contributed by atoms with Crippen LogP contribution in [0.2, 0.25) is 0 Å². The average Bonchev–Trinajstić information content (AvgIpc) is 2.87. The van der Waals surface area contributed by atoms with Crippen LogP contribution in [-0.2, 0) is 16.7 Å². The lowest BCUT2D eigenvalue weighted by molar-refractivity contribution is -0.134. The molecule has 2 aromatic carbocycles. The fourth-order valence-corrected chi connectivity index (χ4v) is 5.06. The second kappa shape index (κ2) is 11.5. The van der Waals surface area contributed by atoms with E-state index in [1.807, 2.05) is 57.2 Å². The Hall–Kier alpha value is -3.79. The first-order valence-corrected chi connectivity index (χ1v) is 14.2. The molecule has 0 atom stereocenters. The molecule has 3 aromatic rings. The van der Waals surface area contributed by atoms with E-state index in [2.05, 4.69) is 41.5 Å². The van der Waals surface area contributed by atoms with Crippen molar-refractivity contribution >= 4 is 6.09 Å². The predicted molar refractivity (Wildman–Crippen MR) is 154 cm³/mol. The molecule has 224 valence electrons. The smallest absolute Gasteiger partial charge is 0.407 e. The van der Waals surface area contributed by atoms with E-state index in [-0.39, 0.29) is 30.7 Å². The minimum Gasteiger partial charge on any atom is -0.490 e. The molecule has 1 saturated carbocycles. The summed E-state index contributed by atoms with van der Waals surface area (Å²) in [6.45, 7) is 9.71. The molecule has 1 saturated heterocycles. The number of aromatic nitrogens is 2. The number of nitrogens with one attached hydrogen (secondary N) is 1. The molecule has 0 spiro atoms. The highest BCUT2D eigenvalue weighted by molar-refractivity contribution is 5.68. The van der Waals surface area contributed by atoms with Crippen molar-refractivity contribution in [3.05, 3.63) is 77.5 Å². The minimum absolute atomic E-state index is 0.0609. The molecule has 42 heavy (non-hydrogen) atoms. The summed E-state index contributed by atoms with van der Waals surface area (Å²) in [7, 11) is 0. The Bertz CT molecular complexity index is 1360. The Balaban J connectivity index is 1.10. The lowest BCUT2D eigenvalue weighted by atomic mass is 9.78. The minimum atomic E-state index is -2.60. The van der Waals surface area contributed by atoms with Gasteiger partial charge in [0.2, 0.25) is 5.88 Å². The molecule has 1 N–H and O–H groups in total. The van der Waals surface area contributed by atoms with E-state index in [1.165, 1.54) is 0 Å². The second-order valence-corrected chi connectivity index (χ2v) is 12.7. The number of likely N-dealkylation sites (tertiary alicyclic amines) is 1. The van der Waals surface area contributed by atoms with Crippen LogP contribution in [0.3, 0.4) is 0 Å². The van der Waals surface area contributed by atoms with Gasteiger partial charge < -0.3 is 19.5 Å². The third kappa shape index (κ3) is 7.53. The molecule has 0 bridgehead atoms. The van der Waals surface area contributed by atoms with Crippen LogP contribution in [0.5, 0.6) is 17.4 Å². The van der Waals surface area contributed by atoms with Gasteiger partial charge in [-0.05, 0) is 62.2 Å². The monoisotopic (exact) mass is 580 g/mol. The number of ether oxygens (including phenoxy) is 3. The Morgan fingerprint density at radius 2 is 1.50 bits per heavy atom. The summed E-state index contributed by atoms with van der Waals surface area (Å²) >= 11 is 0. The van der Waals surface area contributed by atoms with Crippen molar-refractivity contribution in [3.8, 4) is 17.4 Å². The molecule has 10 heteroatoms. The van der Waals surface area contributed by atoms with Crippen molar-refractivity contribution in [2.45, 2.75) is 83.1 Å². The summed E-state index contributed by atoms with van der Waals surface area (Å²) in [5.41, 5.74) is 2.11. The second-order valence-electron chi connectivity index (χ2n) is 12.7. The summed E-state index contributed by atoms with van der Waals surface area (Å²) in [6, 6.07) is 19.5. The summed E-state index contributed by atoms with van der Waals surface area (Å²) in [6.07, 6.45) is 1.16. The van der Waals surface area contributed by atoms with E-state index in [4.69, 9.17) is 14.2 Å². The van der Waals surface area contributed by atoms with Crippen molar-refractivity contribution in [2.24, 2.45) is 0 Å². The van der Waals surface area contributed by atoms with Crippen LogP contribution in [0, 0.1) is 0 Å². The van der Waals surface area contributed by atoms with Crippen molar-refractivity contribution in [1.29, 1.82) is 0 Å². The van der Waals surface area contributed by atoms with Crippen LogP contribution < -0.4 is 14.8 Å². The number of hydrogen-bond acceptors (Lipinski definition) is 7. The number of rotatable bonds is 9. The Labute approximate surface area is 245 Å². The van der Waals surface area contributed by atoms with E-state index in [1.54, 1.807) is 17.0 Å². The maximum absolute atomic E-state index is 13.0. The van der Waals surface area contributed by atoms with Crippen LogP contribution in [0.1, 0.15) is 64.3 Å². The highest BCUT2D eigenvalue weighted by atomic mass is 19.3. The maximum Gasteiger partial charge on any atom is 0.407 e. The zero-order valence-electron chi connectivity index (χ0n) is 24.7. The van der Waals surface area contributed by atoms with E-state index in [9.17, 15) is 13.6 Å². The third-order valence-electron chi connectivity index (χ3n) is 7.48. The van der Waals surface area contributed by atoms with E-state index < -0.39 is 17.6 Å². The number of alkyl halides is 2. The van der Waals surface area contributed by atoms with E-state index in [0.717, 1.165) is 29.7 Å². The van der Waals surface area contributed by atoms with Gasteiger partial charge in [0.25, 0.3) is 5.92 Å². The van der Waals surface area contributed by atoms with Crippen molar-refractivity contribution < 1.29 is 27.8 Å². The molecule has 1 aromatic heterocycles. The zero-order valence-corrected chi connectivity index (χ0v) is 24.7. The van der Waals surface area contributed by atoms with Crippen molar-refractivity contribution in [3.63, 3.8) is 0 Å². The molecule has 2 heterocycles. The lowest BCUT2D eigenvalue weighted by Crippen LogP contribution is -2.55. The Morgan fingerprint density at radius 3 is 2.02 bits per heavy atom. The number of hydrogen-bond donors (Lipinski definition) is 1. The maximum atomic E-state index is 13.0. The first kappa shape index (κ1) is 29.7. The molecule has 2 fully saturated rings. The number of carbonyl (C=O) groups excluding carboxylic acids is 1. The Morgan fingerprint density at radius 1 is 0.905 bits per heavy atom. The predicted octanol–water partition coefficient (Wildman–Crippen LogP) is 6.48. The van der Waals surface area contributed by atoms with Crippen molar-refractivity contribution in [1.82, 2.24) is 20.4 Å². The molecule has 1 aliphatic heterocycles. The summed E-state index contributed by atoms with van der Waals surface area (Å²) < 4.78 is 43.3. The van der Waals surface area contributed by atoms with Crippen LogP contribution in [0.4, 0.5) is 13.6 Å². The molecule has 8 nitrogen and oxygen atoms in total. The van der Waals surface area contributed by atoms with Gasteiger partial charge in [-0.3, -0.25) is 4.90 Å². The number of halogens is 2. The van der Waals surface area contributed by atoms with Gasteiger partial charge in [0.05, 0.1) is 18.8 Å². The van der Waals surface area contributed by atoms with Crippen LogP contribution in [0.25, 0.3) is 0 Å². The quantitative estimate of drug-likeness (QED) is 0.310. The number of alkyl carbamates (subject to hydrolysis) is 1. The fraction of sp³-hybridized carbons (Fsp3) is 0.469. The van der Waals surface area contributed by atoms with Gasteiger partial charge in [0.15, 0.2) is 0 Å². The standard InChI is InChI=1S/C32H38F2N4O4/c1-30(2,3)42-29(39)35-24-16-27(17-24)40-25-11-6-21(7-12-25)31(4,5)22-8-13-26(14-9-22)41-28-15-10-23(36-37-28)18-38-19-32(33,34)20-38/h6-15,24,27H,16-20H2,1-5H3,(H,35,39)/t24-,27-. The third-order valence-corrected chi connectivity index (χ3v) is 7.48. The number of nitrogens with zero attached hydrogens (tertiary/aromatic N) is 3. The molecule has 5 rings (SSSR count). The van der Waals surface area contributed by atoms with Gasteiger partial charge in [-0.2, -0.15) is 5.10 Å². The molecule has 1 amide bonds. The van der Waals surface area contributed by atoms with Crippen LogP contribution in [-0.4, -0.2) is 57.9 Å². The first-order chi connectivity index (χ1) is 19.7. The summed E-state index contributed by atoms with van der Waals surface area (Å²) in [5.74, 6) is -0.829. The molecule has 0 radical (unpaired) electrons. The highest BCUT2D eigenvalue weighted by Gasteiger charge is 2.43. The number of carbonyl (C=O) groups is 1. The van der Waals surface area contributed by atoms with E-state index in [0.29, 0.717) is 23.9 Å². The van der Waals surface area contributed by atoms with Crippen molar-refractivity contribution in [2.75, 3.05) is 13.1 Å². The SMILES string of the molecule is CC(C)(C)OC(=O)N[C@H]1C[C@H](Oc2ccc(C(C)(C)c3ccc(Oc4ccc(CN5CC(F)(F)C5)nn4)cc3)cc2)C1. The first-order valence-electron chi connectivity index (χ1n) is 14.2. The zero-order chi connectivity index (χ0) is 30.1. The Kier molecular flexibility index (Phi) is 8.11. The number of amides is 1. The molecular formula is C32H38F2N4O4. The normalized spacial score (nSPS) is 20.2. The van der Waals surface area contributed by atoms with Crippen LogP contribution >= 0.6 is 0 Å². The lowest BCUT2D eigenvalue weighted by Gasteiger charge is -2.38. The molecule has 0 unspecified atom stereocenters. The highest BCUT2D eigenvalue weighted by Crippen LogP contribution is 2.35. The van der Waals surface area contributed by atoms with Gasteiger partial charge in [0.1, 0.15) is 23.2 Å². The summed E-state index contributed by atoms with van der Waals surface area (Å²) in [5, 5.41) is 11.1. The average molecular weight is 581 g/mol. The fourth-order valence-electron chi connectivity index (χ4n) is 5.06.